The van der Waals surface area contributed by atoms with Crippen LogP contribution in [0.4, 0.5) is 0 Å². The molecule has 0 aliphatic carbocycles. The lowest BCUT2D eigenvalue weighted by Crippen LogP contribution is -2.25. The third-order valence-corrected chi connectivity index (χ3v) is 4.85. The second-order valence-corrected chi connectivity index (χ2v) is 6.50. The van der Waals surface area contributed by atoms with Crippen LogP contribution >= 0.6 is 0 Å². The van der Waals surface area contributed by atoms with Crippen molar-refractivity contribution in [1.29, 1.82) is 0 Å². The van der Waals surface area contributed by atoms with Crippen LogP contribution in [0.5, 0.6) is 23.0 Å². The number of esters is 1. The second kappa shape index (κ2) is 7.75. The monoisotopic (exact) mass is 374 g/mol. The highest BCUT2D eigenvalue weighted by molar-refractivity contribution is 5.76. The maximum absolute atomic E-state index is 12.3. The quantitative estimate of drug-likeness (QED) is 0.666. The number of hydrogen-bond acceptors (Lipinski definition) is 7. The van der Waals surface area contributed by atoms with Gasteiger partial charge >= 0.3 is 5.97 Å². The van der Waals surface area contributed by atoms with Gasteiger partial charge in [-0.15, -0.1) is 0 Å². The fourth-order valence-electron chi connectivity index (χ4n) is 3.39. The highest BCUT2D eigenvalue weighted by Gasteiger charge is 2.42. The van der Waals surface area contributed by atoms with Crippen LogP contribution in [-0.2, 0) is 16.0 Å². The molecule has 3 atom stereocenters. The summed E-state index contributed by atoms with van der Waals surface area (Å²) < 4.78 is 15.4. The van der Waals surface area contributed by atoms with Crippen LogP contribution in [0.3, 0.4) is 0 Å². The average Bonchev–Trinajstić information content (AvgIpc) is 3.03. The van der Waals surface area contributed by atoms with E-state index in [2.05, 4.69) is 0 Å². The van der Waals surface area contributed by atoms with Crippen molar-refractivity contribution >= 4 is 5.97 Å². The van der Waals surface area contributed by atoms with Gasteiger partial charge in [-0.3, -0.25) is 4.79 Å². The smallest absolute Gasteiger partial charge is 0.312 e. The van der Waals surface area contributed by atoms with E-state index in [1.54, 1.807) is 18.2 Å². The first-order valence-corrected chi connectivity index (χ1v) is 8.52. The molecule has 27 heavy (non-hydrogen) atoms. The van der Waals surface area contributed by atoms with Crippen LogP contribution in [0, 0.1) is 11.8 Å². The standard InChI is InChI=1S/C20H22O7/c1-25-16-8-11(3-5-14(16)21)7-13-10-27-20(24)18(13)19(23)12-4-6-15(22)17(9-12)26-2/h3-6,8-9,13,18-19,21-23H,7,10H2,1-2H3/t13-,18+,19-/m0/s1. The van der Waals surface area contributed by atoms with Crippen LogP contribution in [0.25, 0.3) is 0 Å². The van der Waals surface area contributed by atoms with Crippen molar-refractivity contribution in [2.24, 2.45) is 11.8 Å². The van der Waals surface area contributed by atoms with Gasteiger partial charge in [0.1, 0.15) is 0 Å². The predicted molar refractivity (Wildman–Crippen MR) is 95.9 cm³/mol. The van der Waals surface area contributed by atoms with Gasteiger partial charge in [-0.2, -0.15) is 0 Å². The van der Waals surface area contributed by atoms with E-state index in [1.807, 2.05) is 0 Å². The Kier molecular flexibility index (Phi) is 5.41. The third kappa shape index (κ3) is 3.78. The first kappa shape index (κ1) is 18.8. The zero-order chi connectivity index (χ0) is 19.6. The van der Waals surface area contributed by atoms with E-state index < -0.39 is 18.0 Å². The maximum Gasteiger partial charge on any atom is 0.312 e. The first-order chi connectivity index (χ1) is 12.9. The summed E-state index contributed by atoms with van der Waals surface area (Å²) in [7, 11) is 2.88. The Morgan fingerprint density at radius 2 is 1.70 bits per heavy atom. The van der Waals surface area contributed by atoms with E-state index in [-0.39, 0.29) is 29.8 Å². The molecule has 1 fully saturated rings. The van der Waals surface area contributed by atoms with Crippen LogP contribution in [0.15, 0.2) is 36.4 Å². The van der Waals surface area contributed by atoms with Crippen molar-refractivity contribution in [1.82, 2.24) is 0 Å². The number of aliphatic hydroxyl groups excluding tert-OH is 1. The zero-order valence-electron chi connectivity index (χ0n) is 15.1. The summed E-state index contributed by atoms with van der Waals surface area (Å²) >= 11 is 0. The van der Waals surface area contributed by atoms with E-state index in [9.17, 15) is 20.1 Å². The van der Waals surface area contributed by atoms with Crippen molar-refractivity contribution in [3.05, 3.63) is 47.5 Å². The molecule has 1 heterocycles. The number of carbonyl (C=O) groups is 1. The lowest BCUT2D eigenvalue weighted by Gasteiger charge is -2.22. The van der Waals surface area contributed by atoms with E-state index in [1.165, 1.54) is 32.4 Å². The Hall–Kier alpha value is -2.93. The second-order valence-electron chi connectivity index (χ2n) is 6.50. The van der Waals surface area contributed by atoms with Crippen LogP contribution in [0.1, 0.15) is 17.2 Å². The highest BCUT2D eigenvalue weighted by atomic mass is 16.5. The molecule has 7 nitrogen and oxygen atoms in total. The molecule has 1 aliphatic heterocycles. The number of aliphatic hydroxyl groups is 1. The maximum atomic E-state index is 12.3. The average molecular weight is 374 g/mol. The van der Waals surface area contributed by atoms with Gasteiger partial charge < -0.3 is 29.5 Å². The molecule has 1 saturated heterocycles. The Bertz CT molecular complexity index is 833. The van der Waals surface area contributed by atoms with Crippen LogP contribution in [0.2, 0.25) is 0 Å². The summed E-state index contributed by atoms with van der Waals surface area (Å²) in [5, 5.41) is 30.2. The number of hydrogen-bond donors (Lipinski definition) is 3. The van der Waals surface area contributed by atoms with E-state index in [4.69, 9.17) is 14.2 Å². The Labute approximate surface area is 156 Å². The summed E-state index contributed by atoms with van der Waals surface area (Å²) in [6.07, 6.45) is -0.627. The number of aromatic hydroxyl groups is 2. The van der Waals surface area contributed by atoms with E-state index in [0.717, 1.165) is 5.56 Å². The van der Waals surface area contributed by atoms with Gasteiger partial charge in [0.15, 0.2) is 23.0 Å². The highest BCUT2D eigenvalue weighted by Crippen LogP contribution is 2.39. The topological polar surface area (TPSA) is 105 Å². The SMILES string of the molecule is COc1cc(C[C@H]2COC(=O)[C@H]2[C@@H](O)c2ccc(O)c(OC)c2)ccc1O. The molecule has 7 heteroatoms. The number of rotatable bonds is 6. The molecule has 0 bridgehead atoms. The minimum absolute atomic E-state index is 0.0350. The number of benzene rings is 2. The number of cyclic esters (lactones) is 1. The first-order valence-electron chi connectivity index (χ1n) is 8.52. The molecule has 0 amide bonds. The van der Waals surface area contributed by atoms with Gasteiger partial charge in [0.25, 0.3) is 0 Å². The Morgan fingerprint density at radius 3 is 2.37 bits per heavy atom. The van der Waals surface area contributed by atoms with E-state index in [0.29, 0.717) is 17.7 Å². The van der Waals surface area contributed by atoms with Crippen molar-refractivity contribution in [3.63, 3.8) is 0 Å². The van der Waals surface area contributed by atoms with Crippen LogP contribution < -0.4 is 9.47 Å². The van der Waals surface area contributed by atoms with Gasteiger partial charge in [0.05, 0.1) is 32.8 Å². The van der Waals surface area contributed by atoms with Crippen LogP contribution in [-0.4, -0.2) is 42.1 Å². The lowest BCUT2D eigenvalue weighted by molar-refractivity contribution is -0.144. The summed E-state index contributed by atoms with van der Waals surface area (Å²) in [5.74, 6) is -0.912. The van der Waals surface area contributed by atoms with Gasteiger partial charge in [0, 0.05) is 5.92 Å². The van der Waals surface area contributed by atoms with Gasteiger partial charge in [-0.1, -0.05) is 12.1 Å². The zero-order valence-corrected chi connectivity index (χ0v) is 15.1. The summed E-state index contributed by atoms with van der Waals surface area (Å²) in [4.78, 5) is 12.3. The summed E-state index contributed by atoms with van der Waals surface area (Å²) in [6.45, 7) is 0.193. The molecule has 0 radical (unpaired) electrons. The molecule has 0 saturated carbocycles. The number of phenolic OH excluding ortho intramolecular Hbond substituents is 2. The minimum atomic E-state index is -1.10. The van der Waals surface area contributed by atoms with Gasteiger partial charge in [0.2, 0.25) is 0 Å². The molecular weight excluding hydrogens is 352 g/mol. The fraction of sp³-hybridized carbons (Fsp3) is 0.350. The third-order valence-electron chi connectivity index (χ3n) is 4.85. The molecule has 2 aromatic carbocycles. The number of carbonyl (C=O) groups excluding carboxylic acids is 1. The normalized spacial score (nSPS) is 20.2. The molecule has 3 rings (SSSR count). The summed E-state index contributed by atoms with van der Waals surface area (Å²) in [6, 6.07) is 9.44. The lowest BCUT2D eigenvalue weighted by atomic mass is 9.83. The van der Waals surface area contributed by atoms with Gasteiger partial charge in [-0.05, 0) is 41.8 Å². The van der Waals surface area contributed by atoms with Crippen molar-refractivity contribution in [3.8, 4) is 23.0 Å². The number of ether oxygens (including phenoxy) is 3. The minimum Gasteiger partial charge on any atom is -0.504 e. The molecular formula is C20H22O7. The van der Waals surface area contributed by atoms with Crippen molar-refractivity contribution in [2.45, 2.75) is 12.5 Å². The molecule has 1 aliphatic rings. The Balaban J connectivity index is 1.83. The molecule has 3 N–H and O–H groups in total. The largest absolute Gasteiger partial charge is 0.504 e. The molecule has 0 unspecified atom stereocenters. The summed E-state index contributed by atoms with van der Waals surface area (Å²) in [5.41, 5.74) is 1.32. The molecule has 2 aromatic rings. The predicted octanol–water partition coefficient (Wildman–Crippen LogP) is 2.18. The fourth-order valence-corrected chi connectivity index (χ4v) is 3.39. The number of phenols is 2. The van der Waals surface area contributed by atoms with Crippen molar-refractivity contribution in [2.75, 3.05) is 20.8 Å². The van der Waals surface area contributed by atoms with E-state index >= 15 is 0 Å². The molecule has 0 spiro atoms. The van der Waals surface area contributed by atoms with Crippen molar-refractivity contribution < 1.29 is 34.3 Å². The number of methoxy groups -OCH3 is 2. The Morgan fingerprint density at radius 1 is 1.07 bits per heavy atom. The van der Waals surface area contributed by atoms with Gasteiger partial charge in [-0.25, -0.2) is 0 Å². The molecule has 0 aromatic heterocycles. The molecule has 144 valence electrons.